The van der Waals surface area contributed by atoms with E-state index < -0.39 is 22.2 Å². The first kappa shape index (κ1) is 29.3. The number of thiophene rings is 1. The molecule has 0 saturated heterocycles. The molecule has 0 aliphatic carbocycles. The predicted octanol–water partition coefficient (Wildman–Crippen LogP) is 2.44. The number of nitrogens with zero attached hydrogens (tertiary/aromatic N) is 3. The molecule has 1 amide bonds. The standard InChI is InChI=1S/C20H26N4O3S2.C2HF3O2/c1-23(12-7-16-3-5-17(6-4-16)20-21-10-11-22-20)19(25)8-13-24(2)29(26,27)18-9-14-28-15-18;3-2(4,5)1(6)7/h3-6,9,14-15H,7-8,10-13H2,1-2H3,(H,21,22);(H,6,7). The Bertz CT molecular complexity index is 1150. The molecule has 2 heterocycles. The third kappa shape index (κ3) is 8.60. The molecule has 0 radical (unpaired) electrons. The molecule has 2 aromatic rings. The van der Waals surface area contributed by atoms with Crippen LogP contribution >= 0.6 is 11.3 Å². The largest absolute Gasteiger partial charge is 0.490 e. The zero-order valence-corrected chi connectivity index (χ0v) is 21.3. The minimum absolute atomic E-state index is 0.0708. The minimum atomic E-state index is -5.08. The maximum atomic E-state index is 12.4. The molecule has 0 spiro atoms. The van der Waals surface area contributed by atoms with Gasteiger partial charge in [0, 0.05) is 51.1 Å². The number of carboxylic acids is 1. The van der Waals surface area contributed by atoms with Crippen molar-refractivity contribution in [3.63, 3.8) is 0 Å². The van der Waals surface area contributed by atoms with Gasteiger partial charge < -0.3 is 15.3 Å². The van der Waals surface area contributed by atoms with Gasteiger partial charge in [-0.05, 0) is 23.4 Å². The van der Waals surface area contributed by atoms with Gasteiger partial charge in [0.25, 0.3) is 0 Å². The van der Waals surface area contributed by atoms with Crippen LogP contribution in [0, 0.1) is 0 Å². The Morgan fingerprint density at radius 1 is 1.14 bits per heavy atom. The summed E-state index contributed by atoms with van der Waals surface area (Å²) in [5.74, 6) is -1.89. The van der Waals surface area contributed by atoms with Crippen LogP contribution < -0.4 is 5.32 Å². The second-order valence-corrected chi connectivity index (χ2v) is 10.6. The number of aliphatic carboxylic acids is 1. The number of hydrogen-bond donors (Lipinski definition) is 2. The average molecular weight is 549 g/mol. The molecule has 0 bridgehead atoms. The molecule has 0 fully saturated rings. The summed E-state index contributed by atoms with van der Waals surface area (Å²) in [6.45, 7) is 2.44. The van der Waals surface area contributed by atoms with Gasteiger partial charge in [-0.2, -0.15) is 24.5 Å². The van der Waals surface area contributed by atoms with Crippen LogP contribution in [0.5, 0.6) is 0 Å². The van der Waals surface area contributed by atoms with Crippen LogP contribution in [0.15, 0.2) is 51.0 Å². The summed E-state index contributed by atoms with van der Waals surface area (Å²) in [6.07, 6.45) is -4.19. The Balaban J connectivity index is 0.000000572. The third-order valence-corrected chi connectivity index (χ3v) is 7.83. The second kappa shape index (κ2) is 12.8. The number of likely N-dealkylation sites (N-methyl/N-ethyl adjacent to an activating group) is 1. The summed E-state index contributed by atoms with van der Waals surface area (Å²) in [5.41, 5.74) is 2.22. The molecular formula is C22H27F3N4O5S2. The van der Waals surface area contributed by atoms with Crippen molar-refractivity contribution in [1.82, 2.24) is 14.5 Å². The van der Waals surface area contributed by atoms with E-state index in [-0.39, 0.29) is 23.8 Å². The number of sulfonamides is 1. The highest BCUT2D eigenvalue weighted by Crippen LogP contribution is 2.17. The van der Waals surface area contributed by atoms with Crippen molar-refractivity contribution in [3.05, 3.63) is 52.2 Å². The first-order valence-corrected chi connectivity index (χ1v) is 13.1. The Labute approximate surface area is 211 Å². The maximum absolute atomic E-state index is 12.4. The van der Waals surface area contributed by atoms with Gasteiger partial charge in [-0.1, -0.05) is 24.3 Å². The summed E-state index contributed by atoms with van der Waals surface area (Å²) >= 11 is 1.33. The van der Waals surface area contributed by atoms with Crippen molar-refractivity contribution >= 4 is 39.1 Å². The van der Waals surface area contributed by atoms with Gasteiger partial charge in [-0.25, -0.2) is 17.5 Å². The van der Waals surface area contributed by atoms with Crippen molar-refractivity contribution in [1.29, 1.82) is 0 Å². The molecular weight excluding hydrogens is 521 g/mol. The molecule has 1 aromatic carbocycles. The van der Waals surface area contributed by atoms with Crippen molar-refractivity contribution in [3.8, 4) is 0 Å². The number of halogens is 3. The Kier molecular flexibility index (Phi) is 10.4. The van der Waals surface area contributed by atoms with Crippen molar-refractivity contribution in [2.24, 2.45) is 4.99 Å². The summed E-state index contributed by atoms with van der Waals surface area (Å²) in [4.78, 5) is 27.6. The number of benzene rings is 1. The number of carboxylic acid groups (broad SMARTS) is 1. The number of alkyl halides is 3. The van der Waals surface area contributed by atoms with E-state index in [0.717, 1.165) is 36.5 Å². The number of carbonyl (C=O) groups excluding carboxylic acids is 1. The smallest absolute Gasteiger partial charge is 0.475 e. The van der Waals surface area contributed by atoms with Crippen LogP contribution in [0.25, 0.3) is 0 Å². The van der Waals surface area contributed by atoms with Crippen LogP contribution in [0.3, 0.4) is 0 Å². The monoisotopic (exact) mass is 548 g/mol. The Morgan fingerprint density at radius 3 is 2.28 bits per heavy atom. The molecule has 3 rings (SSSR count). The second-order valence-electron chi connectivity index (χ2n) is 7.76. The molecule has 9 nitrogen and oxygen atoms in total. The first-order chi connectivity index (χ1) is 16.8. The summed E-state index contributed by atoms with van der Waals surface area (Å²) in [5, 5.41) is 13.7. The minimum Gasteiger partial charge on any atom is -0.475 e. The highest BCUT2D eigenvalue weighted by Gasteiger charge is 2.38. The molecule has 0 saturated carbocycles. The van der Waals surface area contributed by atoms with Crippen molar-refractivity contribution < 1.29 is 36.3 Å². The van der Waals surface area contributed by atoms with E-state index in [1.807, 2.05) is 12.1 Å². The van der Waals surface area contributed by atoms with Crippen LogP contribution in [0.2, 0.25) is 0 Å². The highest BCUT2D eigenvalue weighted by atomic mass is 32.2. The number of amidine groups is 1. The highest BCUT2D eigenvalue weighted by molar-refractivity contribution is 7.89. The number of rotatable bonds is 9. The van der Waals surface area contributed by atoms with Crippen LogP contribution in [-0.4, -0.2) is 86.9 Å². The summed E-state index contributed by atoms with van der Waals surface area (Å²) in [7, 11) is -0.269. The number of hydrogen-bond acceptors (Lipinski definition) is 7. The lowest BCUT2D eigenvalue weighted by Crippen LogP contribution is -2.34. The number of aliphatic imine (C=N–C) groups is 1. The van der Waals surface area contributed by atoms with Gasteiger partial charge in [0.1, 0.15) is 5.84 Å². The van der Waals surface area contributed by atoms with E-state index in [1.165, 1.54) is 22.7 Å². The zero-order chi connectivity index (χ0) is 26.9. The van der Waals surface area contributed by atoms with Gasteiger partial charge in [-0.15, -0.1) is 0 Å². The molecule has 0 unspecified atom stereocenters. The maximum Gasteiger partial charge on any atom is 0.490 e. The number of carbonyl (C=O) groups is 2. The van der Waals surface area contributed by atoms with Crippen molar-refractivity contribution in [2.45, 2.75) is 23.9 Å². The van der Waals surface area contributed by atoms with Gasteiger partial charge >= 0.3 is 12.1 Å². The molecule has 198 valence electrons. The van der Waals surface area contributed by atoms with Crippen LogP contribution in [0.4, 0.5) is 13.2 Å². The van der Waals surface area contributed by atoms with E-state index >= 15 is 0 Å². The number of nitrogens with one attached hydrogen (secondary N) is 1. The van der Waals surface area contributed by atoms with Crippen LogP contribution in [0.1, 0.15) is 17.5 Å². The molecule has 36 heavy (non-hydrogen) atoms. The molecule has 1 aliphatic heterocycles. The van der Waals surface area contributed by atoms with Crippen molar-refractivity contribution in [2.75, 3.05) is 40.3 Å². The van der Waals surface area contributed by atoms with E-state index in [9.17, 15) is 26.4 Å². The molecule has 0 atom stereocenters. The van der Waals surface area contributed by atoms with E-state index in [1.54, 1.807) is 28.8 Å². The third-order valence-electron chi connectivity index (χ3n) is 5.15. The Morgan fingerprint density at radius 2 is 1.78 bits per heavy atom. The fourth-order valence-corrected chi connectivity index (χ4v) is 5.17. The van der Waals surface area contributed by atoms with Gasteiger partial charge in [0.2, 0.25) is 15.9 Å². The molecule has 1 aromatic heterocycles. The van der Waals surface area contributed by atoms with Gasteiger partial charge in [0.15, 0.2) is 0 Å². The topological polar surface area (TPSA) is 119 Å². The average Bonchev–Trinajstić information content (AvgIpc) is 3.55. The van der Waals surface area contributed by atoms with Gasteiger partial charge in [0.05, 0.1) is 11.4 Å². The molecule has 2 N–H and O–H groups in total. The van der Waals surface area contributed by atoms with Gasteiger partial charge in [-0.3, -0.25) is 9.79 Å². The van der Waals surface area contributed by atoms with Crippen LogP contribution in [-0.2, 0) is 26.0 Å². The zero-order valence-electron chi connectivity index (χ0n) is 19.7. The molecule has 14 heteroatoms. The summed E-state index contributed by atoms with van der Waals surface area (Å²) in [6, 6.07) is 9.76. The Hall–Kier alpha value is -2.97. The fourth-order valence-electron chi connectivity index (χ4n) is 2.98. The lowest BCUT2D eigenvalue weighted by molar-refractivity contribution is -0.192. The molecule has 1 aliphatic rings. The lowest BCUT2D eigenvalue weighted by atomic mass is 10.1. The quantitative estimate of drug-likeness (QED) is 0.497. The van der Waals surface area contributed by atoms with E-state index in [4.69, 9.17) is 9.90 Å². The lowest BCUT2D eigenvalue weighted by Gasteiger charge is -2.20. The first-order valence-electron chi connectivity index (χ1n) is 10.7. The van der Waals surface area contributed by atoms with E-state index in [0.29, 0.717) is 6.54 Å². The number of amides is 1. The SMILES string of the molecule is CN(CCc1ccc(C2=NCCN2)cc1)C(=O)CCN(C)S(=O)(=O)c1ccsc1.O=C(O)C(F)(F)F. The predicted molar refractivity (Wildman–Crippen MR) is 130 cm³/mol. The normalized spacial score (nSPS) is 13.4. The fraction of sp³-hybridized carbons (Fsp3) is 0.409. The van der Waals surface area contributed by atoms with E-state index in [2.05, 4.69) is 22.4 Å². The summed E-state index contributed by atoms with van der Waals surface area (Å²) < 4.78 is 57.8.